The van der Waals surface area contributed by atoms with Crippen molar-refractivity contribution >= 4 is 11.5 Å². The van der Waals surface area contributed by atoms with Gasteiger partial charge in [0, 0.05) is 38.3 Å². The van der Waals surface area contributed by atoms with E-state index in [1.807, 2.05) is 18.2 Å². The number of aromatic nitrogens is 1. The Morgan fingerprint density at radius 3 is 2.52 bits per heavy atom. The Bertz CT molecular complexity index is 772. The zero-order valence-corrected chi connectivity index (χ0v) is 13.8. The fourth-order valence-corrected chi connectivity index (χ4v) is 3.84. The van der Waals surface area contributed by atoms with Crippen molar-refractivity contribution in [2.75, 3.05) is 31.1 Å². The first-order chi connectivity index (χ1) is 12.1. The Hall–Kier alpha value is -2.51. The van der Waals surface area contributed by atoms with Gasteiger partial charge in [0.25, 0.3) is 5.69 Å². The number of aliphatic hydroxyl groups excluding tert-OH is 1. The highest BCUT2D eigenvalue weighted by Gasteiger charge is 2.36. The zero-order chi connectivity index (χ0) is 17.4. The molecule has 25 heavy (non-hydrogen) atoms. The SMILES string of the molecule is O=[N+]([O-])c1ccc(N2CCN([C@@H]3Cc4ccccc4[C@H]3O)CC2)nc1. The number of fused-ring (bicyclic) bond motifs is 1. The number of anilines is 1. The zero-order valence-electron chi connectivity index (χ0n) is 13.8. The van der Waals surface area contributed by atoms with E-state index >= 15 is 0 Å². The summed E-state index contributed by atoms with van der Waals surface area (Å²) in [6, 6.07) is 11.4. The molecule has 0 spiro atoms. The summed E-state index contributed by atoms with van der Waals surface area (Å²) >= 11 is 0. The van der Waals surface area contributed by atoms with Gasteiger partial charge in [-0.3, -0.25) is 15.0 Å². The first-order valence-electron chi connectivity index (χ1n) is 8.49. The molecule has 1 aliphatic heterocycles. The van der Waals surface area contributed by atoms with Crippen molar-refractivity contribution in [3.8, 4) is 0 Å². The Morgan fingerprint density at radius 1 is 1.12 bits per heavy atom. The van der Waals surface area contributed by atoms with Crippen molar-refractivity contribution in [3.05, 3.63) is 63.8 Å². The second kappa shape index (κ2) is 6.42. The maximum absolute atomic E-state index is 10.7. The number of nitrogens with zero attached hydrogens (tertiary/aromatic N) is 4. The minimum Gasteiger partial charge on any atom is -0.387 e. The minimum absolute atomic E-state index is 0.00854. The predicted octanol–water partition coefficient (Wildman–Crippen LogP) is 1.77. The fraction of sp³-hybridized carbons (Fsp3) is 0.389. The molecule has 1 aromatic carbocycles. The molecule has 0 bridgehead atoms. The standard InChI is InChI=1S/C18H20N4O3/c23-18-15-4-2-1-3-13(15)11-16(18)20-7-9-21(10-8-20)17-6-5-14(12-19-17)22(24)25/h1-6,12,16,18,23H,7-11H2/t16-,18-/m1/s1. The summed E-state index contributed by atoms with van der Waals surface area (Å²) < 4.78 is 0. The molecule has 4 rings (SSSR count). The van der Waals surface area contributed by atoms with Gasteiger partial charge in [-0.15, -0.1) is 0 Å². The van der Waals surface area contributed by atoms with E-state index in [2.05, 4.69) is 20.9 Å². The highest BCUT2D eigenvalue weighted by atomic mass is 16.6. The van der Waals surface area contributed by atoms with E-state index in [9.17, 15) is 15.2 Å². The average molecular weight is 340 g/mol. The Morgan fingerprint density at radius 2 is 1.88 bits per heavy atom. The molecule has 1 aromatic heterocycles. The molecule has 1 aliphatic carbocycles. The smallest absolute Gasteiger partial charge is 0.287 e. The lowest BCUT2D eigenvalue weighted by Gasteiger charge is -2.39. The normalized spacial score (nSPS) is 23.5. The van der Waals surface area contributed by atoms with Crippen molar-refractivity contribution in [2.45, 2.75) is 18.6 Å². The van der Waals surface area contributed by atoms with E-state index in [4.69, 9.17) is 0 Å². The first kappa shape index (κ1) is 16.0. The van der Waals surface area contributed by atoms with Gasteiger partial charge in [-0.2, -0.15) is 0 Å². The van der Waals surface area contributed by atoms with Gasteiger partial charge in [-0.05, 0) is 23.6 Å². The monoisotopic (exact) mass is 340 g/mol. The molecule has 7 heteroatoms. The van der Waals surface area contributed by atoms with Crippen LogP contribution in [0.25, 0.3) is 0 Å². The maximum Gasteiger partial charge on any atom is 0.287 e. The number of rotatable bonds is 3. The molecule has 1 N–H and O–H groups in total. The molecule has 130 valence electrons. The molecule has 2 aromatic rings. The van der Waals surface area contributed by atoms with Gasteiger partial charge in [-0.25, -0.2) is 4.98 Å². The molecule has 2 aliphatic rings. The number of benzene rings is 1. The largest absolute Gasteiger partial charge is 0.387 e. The number of aliphatic hydroxyl groups is 1. The lowest BCUT2D eigenvalue weighted by atomic mass is 10.1. The highest BCUT2D eigenvalue weighted by Crippen LogP contribution is 2.34. The Labute approximate surface area is 145 Å². The molecule has 2 heterocycles. The van der Waals surface area contributed by atoms with Crippen molar-refractivity contribution in [1.82, 2.24) is 9.88 Å². The van der Waals surface area contributed by atoms with Crippen LogP contribution in [0.4, 0.5) is 11.5 Å². The molecule has 7 nitrogen and oxygen atoms in total. The summed E-state index contributed by atoms with van der Waals surface area (Å²) in [5.74, 6) is 0.764. The van der Waals surface area contributed by atoms with E-state index in [1.165, 1.54) is 17.8 Å². The first-order valence-corrected chi connectivity index (χ1v) is 8.49. The Balaban J connectivity index is 1.40. The van der Waals surface area contributed by atoms with Crippen LogP contribution < -0.4 is 4.90 Å². The van der Waals surface area contributed by atoms with Crippen LogP contribution in [-0.2, 0) is 6.42 Å². The molecule has 1 fully saturated rings. The van der Waals surface area contributed by atoms with Gasteiger partial charge in [0.1, 0.15) is 12.0 Å². The average Bonchev–Trinajstić information content (AvgIpc) is 2.99. The third-order valence-electron chi connectivity index (χ3n) is 5.22. The van der Waals surface area contributed by atoms with Gasteiger partial charge >= 0.3 is 0 Å². The molecular weight excluding hydrogens is 320 g/mol. The summed E-state index contributed by atoms with van der Waals surface area (Å²) in [7, 11) is 0. The van der Waals surface area contributed by atoms with E-state index < -0.39 is 11.0 Å². The van der Waals surface area contributed by atoms with Gasteiger partial charge in [-0.1, -0.05) is 24.3 Å². The second-order valence-corrected chi connectivity index (χ2v) is 6.57. The molecule has 0 unspecified atom stereocenters. The molecule has 0 saturated carbocycles. The molecule has 1 saturated heterocycles. The third-order valence-corrected chi connectivity index (χ3v) is 5.22. The van der Waals surface area contributed by atoms with Crippen LogP contribution in [0, 0.1) is 10.1 Å². The maximum atomic E-state index is 10.7. The minimum atomic E-state index is -0.437. The van der Waals surface area contributed by atoms with Gasteiger partial charge in [0.2, 0.25) is 0 Å². The van der Waals surface area contributed by atoms with Crippen molar-refractivity contribution in [2.24, 2.45) is 0 Å². The summed E-state index contributed by atoms with van der Waals surface area (Å²) in [4.78, 5) is 19.0. The van der Waals surface area contributed by atoms with Gasteiger partial charge in [0.05, 0.1) is 11.0 Å². The second-order valence-electron chi connectivity index (χ2n) is 6.57. The number of hydrogen-bond donors (Lipinski definition) is 1. The number of nitro groups is 1. The number of hydrogen-bond acceptors (Lipinski definition) is 6. The van der Waals surface area contributed by atoms with Gasteiger partial charge < -0.3 is 10.0 Å². The van der Waals surface area contributed by atoms with Crippen molar-refractivity contribution < 1.29 is 10.0 Å². The summed E-state index contributed by atoms with van der Waals surface area (Å²) in [6.45, 7) is 3.28. The molecular formula is C18H20N4O3. The van der Waals surface area contributed by atoms with E-state index in [0.29, 0.717) is 0 Å². The topological polar surface area (TPSA) is 82.7 Å². The molecule has 0 amide bonds. The fourth-order valence-electron chi connectivity index (χ4n) is 3.84. The molecule has 2 atom stereocenters. The Kier molecular flexibility index (Phi) is 4.10. The highest BCUT2D eigenvalue weighted by molar-refractivity contribution is 5.43. The van der Waals surface area contributed by atoms with Crippen LogP contribution in [0.3, 0.4) is 0 Å². The number of piperazine rings is 1. The van der Waals surface area contributed by atoms with Crippen LogP contribution in [0.5, 0.6) is 0 Å². The quantitative estimate of drug-likeness (QED) is 0.677. The lowest BCUT2D eigenvalue weighted by molar-refractivity contribution is -0.385. The number of pyridine rings is 1. The van der Waals surface area contributed by atoms with Crippen LogP contribution >= 0.6 is 0 Å². The summed E-state index contributed by atoms with van der Waals surface area (Å²) in [5, 5.41) is 21.4. The summed E-state index contributed by atoms with van der Waals surface area (Å²) in [6.07, 6.45) is 1.76. The third kappa shape index (κ3) is 2.96. The molecule has 0 radical (unpaired) electrons. The van der Waals surface area contributed by atoms with Crippen molar-refractivity contribution in [1.29, 1.82) is 0 Å². The lowest BCUT2D eigenvalue weighted by Crippen LogP contribution is -2.51. The van der Waals surface area contributed by atoms with E-state index in [0.717, 1.165) is 44.0 Å². The van der Waals surface area contributed by atoms with Crippen LogP contribution in [0.15, 0.2) is 42.6 Å². The van der Waals surface area contributed by atoms with Crippen molar-refractivity contribution in [3.63, 3.8) is 0 Å². The van der Waals surface area contributed by atoms with Crippen LogP contribution in [0.1, 0.15) is 17.2 Å². The van der Waals surface area contributed by atoms with Crippen LogP contribution in [0.2, 0.25) is 0 Å². The predicted molar refractivity (Wildman–Crippen MR) is 93.6 cm³/mol. The van der Waals surface area contributed by atoms with E-state index in [1.54, 1.807) is 6.07 Å². The van der Waals surface area contributed by atoms with Crippen LogP contribution in [-0.4, -0.2) is 52.1 Å². The summed E-state index contributed by atoms with van der Waals surface area (Å²) in [5.41, 5.74) is 2.29. The van der Waals surface area contributed by atoms with Gasteiger partial charge in [0.15, 0.2) is 0 Å². The van der Waals surface area contributed by atoms with E-state index in [-0.39, 0.29) is 11.7 Å².